The van der Waals surface area contributed by atoms with Gasteiger partial charge < -0.3 is 5.32 Å². The maximum Gasteiger partial charge on any atom is 0.435 e. The highest BCUT2D eigenvalue weighted by Gasteiger charge is 2.33. The van der Waals surface area contributed by atoms with E-state index in [0.29, 0.717) is 19.1 Å². The average Bonchev–Trinajstić information content (AvgIpc) is 2.66. The van der Waals surface area contributed by atoms with Gasteiger partial charge in [-0.25, -0.2) is 0 Å². The summed E-state index contributed by atoms with van der Waals surface area (Å²) in [5.41, 5.74) is -0.834. The van der Waals surface area contributed by atoms with Gasteiger partial charge in [0.25, 0.3) is 0 Å². The summed E-state index contributed by atoms with van der Waals surface area (Å²) in [6.07, 6.45) is -0.843. The molecular formula is C11H18F3N3. The number of nitrogens with zero attached hydrogens (tertiary/aromatic N) is 2. The number of nitrogens with one attached hydrogen (secondary N) is 1. The van der Waals surface area contributed by atoms with Gasteiger partial charge in [0, 0.05) is 18.8 Å². The van der Waals surface area contributed by atoms with E-state index >= 15 is 0 Å². The molecule has 0 aliphatic rings. The van der Waals surface area contributed by atoms with E-state index in [1.54, 1.807) is 0 Å². The maximum absolute atomic E-state index is 12.3. The van der Waals surface area contributed by atoms with Crippen LogP contribution in [0.4, 0.5) is 13.2 Å². The first-order valence-corrected chi connectivity index (χ1v) is 5.77. The van der Waals surface area contributed by atoms with E-state index in [-0.39, 0.29) is 0 Å². The molecule has 0 bridgehead atoms. The number of alkyl halides is 3. The van der Waals surface area contributed by atoms with Crippen LogP contribution in [0, 0.1) is 0 Å². The largest absolute Gasteiger partial charge is 0.435 e. The van der Waals surface area contributed by atoms with Gasteiger partial charge >= 0.3 is 6.18 Å². The Labute approximate surface area is 99.0 Å². The van der Waals surface area contributed by atoms with Gasteiger partial charge in [-0.3, -0.25) is 4.68 Å². The molecule has 0 radical (unpaired) electrons. The van der Waals surface area contributed by atoms with Crippen LogP contribution in [0.5, 0.6) is 0 Å². The minimum atomic E-state index is -4.35. The highest BCUT2D eigenvalue weighted by Crippen LogP contribution is 2.27. The monoisotopic (exact) mass is 249 g/mol. The Morgan fingerprint density at radius 3 is 2.71 bits per heavy atom. The lowest BCUT2D eigenvalue weighted by Gasteiger charge is -2.12. The molecule has 98 valence electrons. The summed E-state index contributed by atoms with van der Waals surface area (Å²) >= 11 is 0. The fourth-order valence-corrected chi connectivity index (χ4v) is 1.60. The number of halogens is 3. The Hall–Kier alpha value is -1.04. The molecule has 1 aromatic heterocycles. The van der Waals surface area contributed by atoms with E-state index in [4.69, 9.17) is 0 Å². The third kappa shape index (κ3) is 4.77. The first kappa shape index (κ1) is 14.0. The lowest BCUT2D eigenvalue weighted by atomic mass is 10.2. The van der Waals surface area contributed by atoms with Crippen molar-refractivity contribution in [2.24, 2.45) is 0 Å². The SMILES string of the molecule is CCCC(C)NCCn1ccc(C(F)(F)F)n1. The maximum atomic E-state index is 12.3. The highest BCUT2D eigenvalue weighted by molar-refractivity contribution is 5.03. The van der Waals surface area contributed by atoms with Crippen molar-refractivity contribution >= 4 is 0 Å². The molecule has 1 rings (SSSR count). The van der Waals surface area contributed by atoms with Gasteiger partial charge in [0.05, 0.1) is 6.54 Å². The minimum absolute atomic E-state index is 0.387. The summed E-state index contributed by atoms with van der Waals surface area (Å²) in [4.78, 5) is 0. The average molecular weight is 249 g/mol. The summed E-state index contributed by atoms with van der Waals surface area (Å²) in [6.45, 7) is 5.24. The van der Waals surface area contributed by atoms with Gasteiger partial charge in [0.2, 0.25) is 0 Å². The van der Waals surface area contributed by atoms with Crippen molar-refractivity contribution < 1.29 is 13.2 Å². The van der Waals surface area contributed by atoms with E-state index in [1.807, 2.05) is 0 Å². The van der Waals surface area contributed by atoms with Crippen LogP contribution in [0.2, 0.25) is 0 Å². The molecule has 0 aliphatic heterocycles. The lowest BCUT2D eigenvalue weighted by molar-refractivity contribution is -0.141. The normalized spacial score (nSPS) is 13.9. The summed E-state index contributed by atoms with van der Waals surface area (Å²) in [5, 5.41) is 6.71. The Morgan fingerprint density at radius 2 is 2.18 bits per heavy atom. The molecule has 0 saturated carbocycles. The molecule has 0 fully saturated rings. The molecule has 1 atom stereocenters. The first-order chi connectivity index (χ1) is 7.93. The number of hydrogen-bond donors (Lipinski definition) is 1. The van der Waals surface area contributed by atoms with Crippen LogP contribution in [-0.4, -0.2) is 22.4 Å². The Balaban J connectivity index is 2.35. The lowest BCUT2D eigenvalue weighted by Crippen LogP contribution is -2.29. The zero-order chi connectivity index (χ0) is 12.9. The molecule has 0 saturated heterocycles. The molecule has 3 nitrogen and oxygen atoms in total. The standard InChI is InChI=1S/C11H18F3N3/c1-3-4-9(2)15-6-8-17-7-5-10(16-17)11(12,13)14/h5,7,9,15H,3-4,6,8H2,1-2H3. The third-order valence-corrected chi connectivity index (χ3v) is 2.49. The zero-order valence-corrected chi connectivity index (χ0v) is 10.1. The predicted octanol–water partition coefficient (Wildman–Crippen LogP) is 2.68. The molecule has 0 aliphatic carbocycles. The quantitative estimate of drug-likeness (QED) is 0.840. The zero-order valence-electron chi connectivity index (χ0n) is 10.1. The molecule has 6 heteroatoms. The van der Waals surface area contributed by atoms with E-state index in [0.717, 1.165) is 18.9 Å². The summed E-state index contributed by atoms with van der Waals surface area (Å²) in [7, 11) is 0. The molecule has 0 spiro atoms. The van der Waals surface area contributed by atoms with Crippen molar-refractivity contribution in [2.45, 2.75) is 45.5 Å². The smallest absolute Gasteiger partial charge is 0.312 e. The van der Waals surface area contributed by atoms with Gasteiger partial charge in [0.15, 0.2) is 5.69 Å². The van der Waals surface area contributed by atoms with Crippen molar-refractivity contribution in [2.75, 3.05) is 6.54 Å². The van der Waals surface area contributed by atoms with Crippen LogP contribution in [0.1, 0.15) is 32.4 Å². The topological polar surface area (TPSA) is 29.9 Å². The Bertz CT molecular complexity index is 333. The third-order valence-electron chi connectivity index (χ3n) is 2.49. The Morgan fingerprint density at radius 1 is 1.47 bits per heavy atom. The second-order valence-corrected chi connectivity index (χ2v) is 4.11. The van der Waals surface area contributed by atoms with Crippen molar-refractivity contribution in [3.05, 3.63) is 18.0 Å². The van der Waals surface area contributed by atoms with Crippen LogP contribution in [0.3, 0.4) is 0 Å². The van der Waals surface area contributed by atoms with Gasteiger partial charge in [-0.1, -0.05) is 13.3 Å². The Kier molecular flexibility index (Phi) is 4.99. The van der Waals surface area contributed by atoms with Crippen LogP contribution < -0.4 is 5.32 Å². The van der Waals surface area contributed by atoms with Gasteiger partial charge in [-0.05, 0) is 19.4 Å². The van der Waals surface area contributed by atoms with Crippen molar-refractivity contribution in [1.29, 1.82) is 0 Å². The van der Waals surface area contributed by atoms with Gasteiger partial charge in [-0.2, -0.15) is 18.3 Å². The summed E-state index contributed by atoms with van der Waals surface area (Å²) in [6, 6.07) is 1.38. The molecule has 0 aromatic carbocycles. The highest BCUT2D eigenvalue weighted by atomic mass is 19.4. The van der Waals surface area contributed by atoms with Crippen LogP contribution in [-0.2, 0) is 12.7 Å². The molecule has 1 heterocycles. The van der Waals surface area contributed by atoms with Gasteiger partial charge in [-0.15, -0.1) is 0 Å². The van der Waals surface area contributed by atoms with Crippen LogP contribution in [0.25, 0.3) is 0 Å². The molecule has 1 unspecified atom stereocenters. The number of rotatable bonds is 6. The van der Waals surface area contributed by atoms with Crippen molar-refractivity contribution in [3.63, 3.8) is 0 Å². The second kappa shape index (κ2) is 6.05. The van der Waals surface area contributed by atoms with E-state index in [9.17, 15) is 13.2 Å². The molecule has 1 N–H and O–H groups in total. The van der Waals surface area contributed by atoms with E-state index in [2.05, 4.69) is 24.3 Å². The van der Waals surface area contributed by atoms with Crippen molar-refractivity contribution in [1.82, 2.24) is 15.1 Å². The van der Waals surface area contributed by atoms with Crippen LogP contribution >= 0.6 is 0 Å². The molecule has 1 aromatic rings. The van der Waals surface area contributed by atoms with Gasteiger partial charge in [0.1, 0.15) is 0 Å². The van der Waals surface area contributed by atoms with Crippen LogP contribution in [0.15, 0.2) is 12.3 Å². The molecular weight excluding hydrogens is 231 g/mol. The molecule has 0 amide bonds. The van der Waals surface area contributed by atoms with E-state index in [1.165, 1.54) is 10.9 Å². The van der Waals surface area contributed by atoms with Crippen molar-refractivity contribution in [3.8, 4) is 0 Å². The number of hydrogen-bond acceptors (Lipinski definition) is 2. The predicted molar refractivity (Wildman–Crippen MR) is 59.6 cm³/mol. The summed E-state index contributed by atoms with van der Waals surface area (Å²) in [5.74, 6) is 0. The van der Waals surface area contributed by atoms with E-state index < -0.39 is 11.9 Å². The number of aromatic nitrogens is 2. The molecule has 17 heavy (non-hydrogen) atoms. The first-order valence-electron chi connectivity index (χ1n) is 5.77. The fourth-order valence-electron chi connectivity index (χ4n) is 1.60. The fraction of sp³-hybridized carbons (Fsp3) is 0.727. The second-order valence-electron chi connectivity index (χ2n) is 4.11. The minimum Gasteiger partial charge on any atom is -0.312 e. The summed E-state index contributed by atoms with van der Waals surface area (Å²) < 4.78 is 38.1.